The standard InChI is InChI=1S/C15H27N3O2/c1-4-16-13-14-7-5-8-17-15(14)18(10-12-20-3)9-6-11-19-2/h5,7-8,16H,4,6,9-13H2,1-3H3. The molecule has 0 aliphatic rings. The minimum atomic E-state index is 0.699. The number of nitrogens with zero attached hydrogens (tertiary/aromatic N) is 2. The molecule has 20 heavy (non-hydrogen) atoms. The van der Waals surface area contributed by atoms with E-state index < -0.39 is 0 Å². The van der Waals surface area contributed by atoms with Gasteiger partial charge in [0.15, 0.2) is 0 Å². The number of nitrogens with one attached hydrogen (secondary N) is 1. The van der Waals surface area contributed by atoms with Gasteiger partial charge in [-0.1, -0.05) is 13.0 Å². The largest absolute Gasteiger partial charge is 0.385 e. The molecule has 0 atom stereocenters. The molecule has 0 aromatic carbocycles. The third-order valence-electron chi connectivity index (χ3n) is 3.07. The normalized spacial score (nSPS) is 10.8. The molecular weight excluding hydrogens is 254 g/mol. The van der Waals surface area contributed by atoms with Gasteiger partial charge in [-0.05, 0) is 19.0 Å². The minimum Gasteiger partial charge on any atom is -0.385 e. The molecule has 0 fully saturated rings. The molecule has 0 aliphatic heterocycles. The smallest absolute Gasteiger partial charge is 0.133 e. The molecule has 0 unspecified atom stereocenters. The van der Waals surface area contributed by atoms with Gasteiger partial charge in [0.05, 0.1) is 6.61 Å². The first-order valence-corrected chi connectivity index (χ1v) is 7.20. The predicted octanol–water partition coefficient (Wildman–Crippen LogP) is 1.68. The Labute approximate surface area is 122 Å². The summed E-state index contributed by atoms with van der Waals surface area (Å²) in [6.07, 6.45) is 2.83. The van der Waals surface area contributed by atoms with Gasteiger partial charge < -0.3 is 19.7 Å². The Morgan fingerprint density at radius 2 is 2.00 bits per heavy atom. The van der Waals surface area contributed by atoms with E-state index in [0.29, 0.717) is 6.61 Å². The molecule has 1 rings (SSSR count). The summed E-state index contributed by atoms with van der Waals surface area (Å²) in [5.74, 6) is 1.04. The van der Waals surface area contributed by atoms with Crippen molar-refractivity contribution in [3.63, 3.8) is 0 Å². The summed E-state index contributed by atoms with van der Waals surface area (Å²) >= 11 is 0. The van der Waals surface area contributed by atoms with E-state index in [1.54, 1.807) is 14.2 Å². The molecular formula is C15H27N3O2. The molecule has 1 heterocycles. The lowest BCUT2D eigenvalue weighted by Crippen LogP contribution is -2.31. The van der Waals surface area contributed by atoms with E-state index in [2.05, 4.69) is 28.2 Å². The van der Waals surface area contributed by atoms with Crippen molar-refractivity contribution in [2.75, 3.05) is 52.0 Å². The van der Waals surface area contributed by atoms with Gasteiger partial charge in [-0.25, -0.2) is 4.98 Å². The van der Waals surface area contributed by atoms with Crippen LogP contribution in [0, 0.1) is 0 Å². The zero-order valence-electron chi connectivity index (χ0n) is 12.9. The molecule has 5 heteroatoms. The monoisotopic (exact) mass is 281 g/mol. The van der Waals surface area contributed by atoms with Crippen molar-refractivity contribution in [1.29, 1.82) is 0 Å². The predicted molar refractivity (Wildman–Crippen MR) is 82.2 cm³/mol. The Hall–Kier alpha value is -1.17. The molecule has 0 saturated carbocycles. The van der Waals surface area contributed by atoms with Gasteiger partial charge in [0, 0.05) is 52.2 Å². The van der Waals surface area contributed by atoms with E-state index >= 15 is 0 Å². The average molecular weight is 281 g/mol. The van der Waals surface area contributed by atoms with Crippen LogP contribution in [-0.4, -0.2) is 52.1 Å². The summed E-state index contributed by atoms with van der Waals surface area (Å²) in [4.78, 5) is 6.83. The summed E-state index contributed by atoms with van der Waals surface area (Å²) in [5.41, 5.74) is 1.22. The highest BCUT2D eigenvalue weighted by molar-refractivity contribution is 5.46. The van der Waals surface area contributed by atoms with Crippen LogP contribution >= 0.6 is 0 Å². The van der Waals surface area contributed by atoms with E-state index in [0.717, 1.165) is 45.0 Å². The summed E-state index contributed by atoms with van der Waals surface area (Å²) in [7, 11) is 3.46. The zero-order valence-corrected chi connectivity index (χ0v) is 12.9. The number of methoxy groups -OCH3 is 2. The molecule has 0 spiro atoms. The van der Waals surface area contributed by atoms with Crippen molar-refractivity contribution in [2.24, 2.45) is 0 Å². The lowest BCUT2D eigenvalue weighted by atomic mass is 10.2. The van der Waals surface area contributed by atoms with Crippen molar-refractivity contribution in [1.82, 2.24) is 10.3 Å². The molecule has 1 aromatic heterocycles. The second-order valence-electron chi connectivity index (χ2n) is 4.59. The van der Waals surface area contributed by atoms with Gasteiger partial charge >= 0.3 is 0 Å². The molecule has 0 saturated heterocycles. The lowest BCUT2D eigenvalue weighted by molar-refractivity contribution is 0.191. The maximum Gasteiger partial charge on any atom is 0.133 e. The molecule has 0 radical (unpaired) electrons. The molecule has 5 nitrogen and oxygen atoms in total. The van der Waals surface area contributed by atoms with Crippen LogP contribution in [-0.2, 0) is 16.0 Å². The summed E-state index contributed by atoms with van der Waals surface area (Å²) < 4.78 is 10.3. The highest BCUT2D eigenvalue weighted by Gasteiger charge is 2.11. The van der Waals surface area contributed by atoms with E-state index in [1.165, 1.54) is 5.56 Å². The Bertz CT molecular complexity index is 361. The Morgan fingerprint density at radius 1 is 1.20 bits per heavy atom. The number of pyridine rings is 1. The molecule has 1 aromatic rings. The quantitative estimate of drug-likeness (QED) is 0.625. The van der Waals surface area contributed by atoms with Crippen LogP contribution in [0.15, 0.2) is 18.3 Å². The van der Waals surface area contributed by atoms with E-state index in [1.807, 2.05) is 12.3 Å². The number of anilines is 1. The highest BCUT2D eigenvalue weighted by atomic mass is 16.5. The second kappa shape index (κ2) is 10.6. The lowest BCUT2D eigenvalue weighted by Gasteiger charge is -2.25. The van der Waals surface area contributed by atoms with Crippen LogP contribution in [0.1, 0.15) is 18.9 Å². The van der Waals surface area contributed by atoms with Gasteiger partial charge in [0.25, 0.3) is 0 Å². The number of ether oxygens (including phenoxy) is 2. The molecule has 0 aliphatic carbocycles. The average Bonchev–Trinajstić information content (AvgIpc) is 2.49. The summed E-state index contributed by atoms with van der Waals surface area (Å²) in [5, 5.41) is 3.36. The SMILES string of the molecule is CCNCc1cccnc1N(CCCOC)CCOC. The number of hydrogen-bond donors (Lipinski definition) is 1. The highest BCUT2D eigenvalue weighted by Crippen LogP contribution is 2.17. The number of hydrogen-bond acceptors (Lipinski definition) is 5. The molecule has 0 amide bonds. The first-order chi connectivity index (χ1) is 9.83. The van der Waals surface area contributed by atoms with Crippen LogP contribution in [0.4, 0.5) is 5.82 Å². The van der Waals surface area contributed by atoms with Crippen LogP contribution in [0.3, 0.4) is 0 Å². The van der Waals surface area contributed by atoms with E-state index in [4.69, 9.17) is 9.47 Å². The summed E-state index contributed by atoms with van der Waals surface area (Å²) in [6, 6.07) is 4.11. The maximum atomic E-state index is 5.20. The number of rotatable bonds is 11. The number of aromatic nitrogens is 1. The van der Waals surface area contributed by atoms with Crippen LogP contribution < -0.4 is 10.2 Å². The Balaban J connectivity index is 2.76. The minimum absolute atomic E-state index is 0.699. The molecule has 114 valence electrons. The van der Waals surface area contributed by atoms with E-state index in [-0.39, 0.29) is 0 Å². The first-order valence-electron chi connectivity index (χ1n) is 7.20. The van der Waals surface area contributed by atoms with Gasteiger partial charge in [-0.3, -0.25) is 0 Å². The third kappa shape index (κ3) is 5.86. The topological polar surface area (TPSA) is 46.6 Å². The van der Waals surface area contributed by atoms with Crippen molar-refractivity contribution in [3.8, 4) is 0 Å². The van der Waals surface area contributed by atoms with Gasteiger partial charge in [-0.15, -0.1) is 0 Å². The zero-order chi connectivity index (χ0) is 14.6. The van der Waals surface area contributed by atoms with Crippen molar-refractivity contribution in [3.05, 3.63) is 23.9 Å². The fraction of sp³-hybridized carbons (Fsp3) is 0.667. The third-order valence-corrected chi connectivity index (χ3v) is 3.07. The Morgan fingerprint density at radius 3 is 2.70 bits per heavy atom. The fourth-order valence-corrected chi connectivity index (χ4v) is 2.04. The first kappa shape index (κ1) is 16.9. The maximum absolute atomic E-state index is 5.20. The van der Waals surface area contributed by atoms with Crippen molar-refractivity contribution in [2.45, 2.75) is 19.9 Å². The van der Waals surface area contributed by atoms with Crippen molar-refractivity contribution >= 4 is 5.82 Å². The van der Waals surface area contributed by atoms with Crippen molar-refractivity contribution < 1.29 is 9.47 Å². The summed E-state index contributed by atoms with van der Waals surface area (Å²) in [6.45, 7) is 7.13. The van der Waals surface area contributed by atoms with Crippen LogP contribution in [0.5, 0.6) is 0 Å². The molecule has 1 N–H and O–H groups in total. The fourth-order valence-electron chi connectivity index (χ4n) is 2.04. The Kier molecular flexibility index (Phi) is 8.95. The molecule has 0 bridgehead atoms. The van der Waals surface area contributed by atoms with Gasteiger partial charge in [-0.2, -0.15) is 0 Å². The second-order valence-corrected chi connectivity index (χ2v) is 4.59. The van der Waals surface area contributed by atoms with Gasteiger partial charge in [0.2, 0.25) is 0 Å². The van der Waals surface area contributed by atoms with Gasteiger partial charge in [0.1, 0.15) is 5.82 Å². The van der Waals surface area contributed by atoms with Crippen LogP contribution in [0.2, 0.25) is 0 Å². The van der Waals surface area contributed by atoms with Crippen LogP contribution in [0.25, 0.3) is 0 Å². The van der Waals surface area contributed by atoms with E-state index in [9.17, 15) is 0 Å².